The number of hydrogen-bond donors (Lipinski definition) is 1. The Kier molecular flexibility index (Phi) is 3.65. The SMILES string of the molecule is Cc1cc(O)ccc1N1C(=O)CC(N2CCOCC2)C1=O. The van der Waals surface area contributed by atoms with E-state index in [0.29, 0.717) is 37.6 Å². The molecule has 1 aromatic carbocycles. The Labute approximate surface area is 122 Å². The van der Waals surface area contributed by atoms with E-state index in [2.05, 4.69) is 0 Å². The zero-order valence-corrected chi connectivity index (χ0v) is 11.9. The van der Waals surface area contributed by atoms with E-state index in [1.165, 1.54) is 11.0 Å². The van der Waals surface area contributed by atoms with Gasteiger partial charge in [-0.1, -0.05) is 0 Å². The minimum absolute atomic E-state index is 0.125. The first kappa shape index (κ1) is 14.0. The molecule has 0 radical (unpaired) electrons. The van der Waals surface area contributed by atoms with Gasteiger partial charge in [0.05, 0.1) is 31.4 Å². The molecule has 2 saturated heterocycles. The fraction of sp³-hybridized carbons (Fsp3) is 0.467. The smallest absolute Gasteiger partial charge is 0.251 e. The molecule has 0 aliphatic carbocycles. The molecule has 2 fully saturated rings. The Morgan fingerprint density at radius 1 is 1.24 bits per heavy atom. The van der Waals surface area contributed by atoms with E-state index < -0.39 is 6.04 Å². The van der Waals surface area contributed by atoms with Crippen molar-refractivity contribution in [2.45, 2.75) is 19.4 Å². The highest BCUT2D eigenvalue weighted by molar-refractivity contribution is 6.22. The van der Waals surface area contributed by atoms with Crippen molar-refractivity contribution < 1.29 is 19.4 Å². The van der Waals surface area contributed by atoms with Crippen LogP contribution in [-0.2, 0) is 14.3 Å². The summed E-state index contributed by atoms with van der Waals surface area (Å²) < 4.78 is 5.29. The van der Waals surface area contributed by atoms with Crippen molar-refractivity contribution in [3.8, 4) is 5.75 Å². The third-order valence-electron chi connectivity index (χ3n) is 4.03. The number of nitrogens with zero attached hydrogens (tertiary/aromatic N) is 2. The average molecular weight is 290 g/mol. The fourth-order valence-electron chi connectivity index (χ4n) is 2.93. The summed E-state index contributed by atoms with van der Waals surface area (Å²) in [5.41, 5.74) is 1.26. The minimum atomic E-state index is -0.394. The monoisotopic (exact) mass is 290 g/mol. The summed E-state index contributed by atoms with van der Waals surface area (Å²) >= 11 is 0. The Hall–Kier alpha value is -1.92. The summed E-state index contributed by atoms with van der Waals surface area (Å²) in [5.74, 6) is -0.249. The van der Waals surface area contributed by atoms with Crippen LogP contribution in [-0.4, -0.2) is 54.2 Å². The van der Waals surface area contributed by atoms with Crippen LogP contribution in [0.1, 0.15) is 12.0 Å². The molecule has 0 saturated carbocycles. The summed E-state index contributed by atoms with van der Waals surface area (Å²) in [4.78, 5) is 28.1. The summed E-state index contributed by atoms with van der Waals surface area (Å²) in [6.07, 6.45) is 0.207. The number of anilines is 1. The molecule has 6 heteroatoms. The molecule has 112 valence electrons. The minimum Gasteiger partial charge on any atom is -0.508 e. The standard InChI is InChI=1S/C15H18N2O4/c1-10-8-11(18)2-3-12(10)17-14(19)9-13(15(17)20)16-4-6-21-7-5-16/h2-3,8,13,18H,4-7,9H2,1H3. The number of carbonyl (C=O) groups is 2. The topological polar surface area (TPSA) is 70.1 Å². The second-order valence-corrected chi connectivity index (χ2v) is 5.41. The molecule has 0 aromatic heterocycles. The number of ether oxygens (including phenoxy) is 1. The van der Waals surface area contributed by atoms with Crippen LogP contribution < -0.4 is 4.90 Å². The third kappa shape index (κ3) is 2.52. The van der Waals surface area contributed by atoms with Gasteiger partial charge in [0.15, 0.2) is 0 Å². The van der Waals surface area contributed by atoms with Gasteiger partial charge in [-0.3, -0.25) is 14.5 Å². The highest BCUT2D eigenvalue weighted by Crippen LogP contribution is 2.30. The Bertz CT molecular complexity index is 581. The number of amides is 2. The molecule has 1 unspecified atom stereocenters. The number of imide groups is 1. The first-order chi connectivity index (χ1) is 10.1. The predicted molar refractivity (Wildman–Crippen MR) is 76.1 cm³/mol. The predicted octanol–water partition coefficient (Wildman–Crippen LogP) is 0.665. The number of rotatable bonds is 2. The van der Waals surface area contributed by atoms with E-state index in [1.807, 2.05) is 4.90 Å². The van der Waals surface area contributed by atoms with E-state index in [9.17, 15) is 14.7 Å². The number of carbonyl (C=O) groups excluding carboxylic acids is 2. The van der Waals surface area contributed by atoms with Crippen molar-refractivity contribution >= 4 is 17.5 Å². The number of aryl methyl sites for hydroxylation is 1. The maximum Gasteiger partial charge on any atom is 0.251 e. The van der Waals surface area contributed by atoms with E-state index >= 15 is 0 Å². The molecule has 2 aliphatic rings. The molecule has 0 bridgehead atoms. The van der Waals surface area contributed by atoms with Crippen LogP contribution in [0.25, 0.3) is 0 Å². The molecule has 1 N–H and O–H groups in total. The zero-order chi connectivity index (χ0) is 15.0. The molecular formula is C15H18N2O4. The van der Waals surface area contributed by atoms with Crippen LogP contribution in [0.2, 0.25) is 0 Å². The highest BCUT2D eigenvalue weighted by Gasteiger charge is 2.43. The number of benzene rings is 1. The first-order valence-corrected chi connectivity index (χ1v) is 7.06. The zero-order valence-electron chi connectivity index (χ0n) is 11.9. The molecule has 6 nitrogen and oxygen atoms in total. The van der Waals surface area contributed by atoms with E-state index in [-0.39, 0.29) is 24.0 Å². The van der Waals surface area contributed by atoms with E-state index in [0.717, 1.165) is 0 Å². The van der Waals surface area contributed by atoms with Gasteiger partial charge in [0.25, 0.3) is 5.91 Å². The van der Waals surface area contributed by atoms with Gasteiger partial charge in [-0.15, -0.1) is 0 Å². The summed E-state index contributed by atoms with van der Waals surface area (Å²) in [6.45, 7) is 4.31. The number of phenolic OH excluding ortho intramolecular Hbond substituents is 1. The summed E-state index contributed by atoms with van der Waals surface area (Å²) in [7, 11) is 0. The van der Waals surface area contributed by atoms with Crippen LogP contribution >= 0.6 is 0 Å². The average Bonchev–Trinajstić information content (AvgIpc) is 2.76. The van der Waals surface area contributed by atoms with Crippen molar-refractivity contribution in [1.82, 2.24) is 4.90 Å². The lowest BCUT2D eigenvalue weighted by Gasteiger charge is -2.30. The van der Waals surface area contributed by atoms with Gasteiger partial charge in [0, 0.05) is 13.1 Å². The van der Waals surface area contributed by atoms with Gasteiger partial charge in [0.2, 0.25) is 5.91 Å². The Morgan fingerprint density at radius 3 is 2.62 bits per heavy atom. The summed E-state index contributed by atoms with van der Waals surface area (Å²) in [5, 5.41) is 9.46. The van der Waals surface area contributed by atoms with E-state index in [4.69, 9.17) is 4.74 Å². The van der Waals surface area contributed by atoms with Gasteiger partial charge in [-0.05, 0) is 30.7 Å². The molecular weight excluding hydrogens is 272 g/mol. The van der Waals surface area contributed by atoms with Crippen molar-refractivity contribution in [3.63, 3.8) is 0 Å². The molecule has 2 heterocycles. The molecule has 1 atom stereocenters. The van der Waals surface area contributed by atoms with Crippen LogP contribution in [0.15, 0.2) is 18.2 Å². The van der Waals surface area contributed by atoms with Crippen LogP contribution in [0.3, 0.4) is 0 Å². The quantitative estimate of drug-likeness (QED) is 0.811. The van der Waals surface area contributed by atoms with Gasteiger partial charge in [-0.25, -0.2) is 4.90 Å². The molecule has 0 spiro atoms. The van der Waals surface area contributed by atoms with Gasteiger partial charge in [0.1, 0.15) is 5.75 Å². The van der Waals surface area contributed by atoms with E-state index in [1.54, 1.807) is 19.1 Å². The normalized spacial score (nSPS) is 23.9. The van der Waals surface area contributed by atoms with Crippen LogP contribution in [0.4, 0.5) is 5.69 Å². The third-order valence-corrected chi connectivity index (χ3v) is 4.03. The maximum atomic E-state index is 12.6. The lowest BCUT2D eigenvalue weighted by Crippen LogP contribution is -2.47. The molecule has 21 heavy (non-hydrogen) atoms. The van der Waals surface area contributed by atoms with Gasteiger partial charge >= 0.3 is 0 Å². The highest BCUT2D eigenvalue weighted by atomic mass is 16.5. The van der Waals surface area contributed by atoms with Crippen molar-refractivity contribution in [3.05, 3.63) is 23.8 Å². The fourth-order valence-corrected chi connectivity index (χ4v) is 2.93. The number of morpholine rings is 1. The number of hydrogen-bond acceptors (Lipinski definition) is 5. The van der Waals surface area contributed by atoms with Crippen LogP contribution in [0, 0.1) is 6.92 Å². The second-order valence-electron chi connectivity index (χ2n) is 5.41. The molecule has 2 amide bonds. The lowest BCUT2D eigenvalue weighted by molar-refractivity contribution is -0.123. The largest absolute Gasteiger partial charge is 0.508 e. The van der Waals surface area contributed by atoms with Gasteiger partial charge in [-0.2, -0.15) is 0 Å². The van der Waals surface area contributed by atoms with Crippen molar-refractivity contribution in [2.75, 3.05) is 31.2 Å². The van der Waals surface area contributed by atoms with Crippen LogP contribution in [0.5, 0.6) is 5.75 Å². The molecule has 3 rings (SSSR count). The molecule has 1 aromatic rings. The van der Waals surface area contributed by atoms with Gasteiger partial charge < -0.3 is 9.84 Å². The van der Waals surface area contributed by atoms with Crippen molar-refractivity contribution in [2.24, 2.45) is 0 Å². The van der Waals surface area contributed by atoms with Crippen molar-refractivity contribution in [1.29, 1.82) is 0 Å². The molecule has 2 aliphatic heterocycles. The first-order valence-electron chi connectivity index (χ1n) is 7.06. The lowest BCUT2D eigenvalue weighted by atomic mass is 10.1. The maximum absolute atomic E-state index is 12.6. The number of aromatic hydroxyl groups is 1. The Morgan fingerprint density at radius 2 is 1.95 bits per heavy atom. The Balaban J connectivity index is 1.86. The second kappa shape index (κ2) is 5.46. The number of phenols is 1. The summed E-state index contributed by atoms with van der Waals surface area (Å²) in [6, 6.07) is 4.26.